The molecule has 12 aromatic rings. The summed E-state index contributed by atoms with van der Waals surface area (Å²) in [5.41, 5.74) is 13.0. The summed E-state index contributed by atoms with van der Waals surface area (Å²) in [6.07, 6.45) is 0. The fourth-order valence-corrected chi connectivity index (χ4v) is 9.21. The number of rotatable bonds is 4. The molecule has 0 spiro atoms. The summed E-state index contributed by atoms with van der Waals surface area (Å²) in [6.45, 7) is 0. The van der Waals surface area contributed by atoms with E-state index < -0.39 is 0 Å². The second kappa shape index (κ2) is 12.0. The van der Waals surface area contributed by atoms with E-state index >= 15 is 0 Å². The first-order chi connectivity index (χ1) is 27.8. The van der Waals surface area contributed by atoms with Crippen molar-refractivity contribution >= 4 is 76.2 Å². The van der Waals surface area contributed by atoms with Gasteiger partial charge in [0.25, 0.3) is 0 Å². The molecule has 0 radical (unpaired) electrons. The number of benzene rings is 10. The lowest BCUT2D eigenvalue weighted by Gasteiger charge is -2.19. The predicted octanol–water partition coefficient (Wildman–Crippen LogP) is 15.6. The van der Waals surface area contributed by atoms with E-state index in [1.54, 1.807) is 0 Å². The van der Waals surface area contributed by atoms with Crippen molar-refractivity contribution in [3.63, 3.8) is 0 Å². The largest absolute Gasteiger partial charge is 0.456 e. The molecule has 2 nitrogen and oxygen atoms in total. The predicted molar refractivity (Wildman–Crippen MR) is 235 cm³/mol. The lowest BCUT2D eigenvalue weighted by atomic mass is 9.83. The zero-order valence-corrected chi connectivity index (χ0v) is 30.3. The number of hydrogen-bond acceptors (Lipinski definition) is 2. The van der Waals surface area contributed by atoms with E-state index in [0.29, 0.717) is 0 Å². The molecule has 0 bridgehead atoms. The Bertz CT molecular complexity index is 3400. The van der Waals surface area contributed by atoms with Crippen LogP contribution < -0.4 is 0 Å². The van der Waals surface area contributed by atoms with E-state index in [9.17, 15) is 0 Å². The van der Waals surface area contributed by atoms with Gasteiger partial charge in [-0.25, -0.2) is 0 Å². The Kier molecular flexibility index (Phi) is 6.66. The van der Waals surface area contributed by atoms with Crippen LogP contribution in [-0.2, 0) is 0 Å². The van der Waals surface area contributed by atoms with Crippen LogP contribution in [0.5, 0.6) is 0 Å². The molecule has 12 rings (SSSR count). The average molecular weight is 713 g/mol. The van der Waals surface area contributed by atoms with E-state index in [1.807, 2.05) is 6.07 Å². The van der Waals surface area contributed by atoms with Crippen molar-refractivity contribution in [1.29, 1.82) is 0 Å². The van der Waals surface area contributed by atoms with Crippen molar-refractivity contribution in [2.75, 3.05) is 0 Å². The lowest BCUT2D eigenvalue weighted by Crippen LogP contribution is -1.93. The quantitative estimate of drug-likeness (QED) is 0.170. The van der Waals surface area contributed by atoms with Gasteiger partial charge in [-0.15, -0.1) is 0 Å². The SMILES string of the molecule is c1ccc(-c2cc(-c3ccccc3)cc(-c3c4ccccc4c(-c4cc5ccc6oc7ccccc7c6c5c5c4oc4ccccc45)c4ccccc34)c2)cc1. The van der Waals surface area contributed by atoms with Gasteiger partial charge in [-0.3, -0.25) is 0 Å². The molecule has 56 heavy (non-hydrogen) atoms. The molecular weight excluding hydrogens is 681 g/mol. The summed E-state index contributed by atoms with van der Waals surface area (Å²) in [7, 11) is 0. The zero-order chi connectivity index (χ0) is 36.7. The first-order valence-corrected chi connectivity index (χ1v) is 19.2. The minimum Gasteiger partial charge on any atom is -0.456 e. The third-order valence-corrected chi connectivity index (χ3v) is 11.6. The number of furan rings is 2. The Hall–Kier alpha value is -7.42. The highest BCUT2D eigenvalue weighted by Crippen LogP contribution is 2.50. The molecule has 0 N–H and O–H groups in total. The molecule has 0 saturated heterocycles. The van der Waals surface area contributed by atoms with Gasteiger partial charge in [-0.1, -0.05) is 152 Å². The Labute approximate surface area is 322 Å². The van der Waals surface area contributed by atoms with Gasteiger partial charge in [0.1, 0.15) is 22.3 Å². The van der Waals surface area contributed by atoms with Crippen LogP contribution in [0.25, 0.3) is 121 Å². The Morgan fingerprint density at radius 2 is 0.732 bits per heavy atom. The second-order valence-corrected chi connectivity index (χ2v) is 14.7. The van der Waals surface area contributed by atoms with Crippen molar-refractivity contribution in [1.82, 2.24) is 0 Å². The molecule has 0 saturated carbocycles. The minimum atomic E-state index is 0.873. The smallest absolute Gasteiger partial charge is 0.143 e. The molecule has 0 unspecified atom stereocenters. The van der Waals surface area contributed by atoms with Gasteiger partial charge in [-0.2, -0.15) is 0 Å². The molecule has 2 heteroatoms. The van der Waals surface area contributed by atoms with Gasteiger partial charge in [0.2, 0.25) is 0 Å². The van der Waals surface area contributed by atoms with Crippen LogP contribution >= 0.6 is 0 Å². The fourth-order valence-electron chi connectivity index (χ4n) is 9.21. The molecular formula is C54H32O2. The first-order valence-electron chi connectivity index (χ1n) is 19.2. The van der Waals surface area contributed by atoms with Crippen LogP contribution in [0.4, 0.5) is 0 Å². The maximum atomic E-state index is 7.00. The van der Waals surface area contributed by atoms with E-state index in [-0.39, 0.29) is 0 Å². The van der Waals surface area contributed by atoms with E-state index in [1.165, 1.54) is 60.5 Å². The zero-order valence-electron chi connectivity index (χ0n) is 30.3. The van der Waals surface area contributed by atoms with Crippen molar-refractivity contribution in [2.24, 2.45) is 0 Å². The van der Waals surface area contributed by atoms with E-state index in [2.05, 4.69) is 188 Å². The maximum Gasteiger partial charge on any atom is 0.143 e. The molecule has 0 aliphatic heterocycles. The van der Waals surface area contributed by atoms with Gasteiger partial charge in [0.15, 0.2) is 0 Å². The van der Waals surface area contributed by atoms with Gasteiger partial charge in [-0.05, 0) is 103 Å². The van der Waals surface area contributed by atoms with Crippen LogP contribution in [0.15, 0.2) is 203 Å². The van der Waals surface area contributed by atoms with Gasteiger partial charge in [0, 0.05) is 38.1 Å². The van der Waals surface area contributed by atoms with Crippen LogP contribution in [0.3, 0.4) is 0 Å². The fraction of sp³-hybridized carbons (Fsp3) is 0. The second-order valence-electron chi connectivity index (χ2n) is 14.7. The molecule has 0 fully saturated rings. The summed E-state index contributed by atoms with van der Waals surface area (Å²) in [5.74, 6) is 0. The summed E-state index contributed by atoms with van der Waals surface area (Å²) in [6, 6.07) is 69.8. The monoisotopic (exact) mass is 712 g/mol. The van der Waals surface area contributed by atoms with Crippen molar-refractivity contribution in [3.05, 3.63) is 194 Å². The topological polar surface area (TPSA) is 26.3 Å². The Balaban J connectivity index is 1.22. The minimum absolute atomic E-state index is 0.873. The normalized spacial score (nSPS) is 11.9. The van der Waals surface area contributed by atoms with Gasteiger partial charge < -0.3 is 8.83 Å². The third kappa shape index (κ3) is 4.57. The molecule has 0 aliphatic carbocycles. The molecule has 2 heterocycles. The number of para-hydroxylation sites is 2. The highest BCUT2D eigenvalue weighted by atomic mass is 16.3. The van der Waals surface area contributed by atoms with Crippen molar-refractivity contribution in [2.45, 2.75) is 0 Å². The molecule has 0 amide bonds. The summed E-state index contributed by atoms with van der Waals surface area (Å²) in [5, 5.41) is 11.5. The average Bonchev–Trinajstić information content (AvgIpc) is 3.85. The van der Waals surface area contributed by atoms with Crippen LogP contribution in [-0.4, -0.2) is 0 Å². The van der Waals surface area contributed by atoms with E-state index in [4.69, 9.17) is 8.83 Å². The standard InChI is InChI=1S/C54H32O2/c1-3-15-33(16-4-1)36-29-37(34-17-5-2-6-18-34)31-38(30-36)49-39-19-7-9-21-41(39)51(42-22-10-8-20-40(42)49)45-32-35-27-28-48-52(43-23-11-13-25-46(43)55-48)50(35)53-44-24-12-14-26-47(44)56-54(45)53/h1-32H. The summed E-state index contributed by atoms with van der Waals surface area (Å²) < 4.78 is 13.4. The number of fused-ring (bicyclic) bond motifs is 11. The Morgan fingerprint density at radius 3 is 1.32 bits per heavy atom. The highest BCUT2D eigenvalue weighted by Gasteiger charge is 2.24. The highest BCUT2D eigenvalue weighted by molar-refractivity contribution is 6.34. The summed E-state index contributed by atoms with van der Waals surface area (Å²) in [4.78, 5) is 0. The first kappa shape index (κ1) is 31.0. The van der Waals surface area contributed by atoms with Gasteiger partial charge >= 0.3 is 0 Å². The molecule has 260 valence electrons. The molecule has 10 aromatic carbocycles. The molecule has 0 atom stereocenters. The summed E-state index contributed by atoms with van der Waals surface area (Å²) >= 11 is 0. The van der Waals surface area contributed by atoms with E-state index in [0.717, 1.165) is 60.2 Å². The molecule has 0 aliphatic rings. The third-order valence-electron chi connectivity index (χ3n) is 11.6. The molecule has 2 aromatic heterocycles. The van der Waals surface area contributed by atoms with Crippen molar-refractivity contribution in [3.8, 4) is 44.5 Å². The lowest BCUT2D eigenvalue weighted by molar-refractivity contribution is 0.669. The van der Waals surface area contributed by atoms with Gasteiger partial charge in [0.05, 0.1) is 0 Å². The van der Waals surface area contributed by atoms with Crippen LogP contribution in [0, 0.1) is 0 Å². The van der Waals surface area contributed by atoms with Crippen LogP contribution in [0.2, 0.25) is 0 Å². The number of hydrogen-bond donors (Lipinski definition) is 0. The van der Waals surface area contributed by atoms with Crippen LogP contribution in [0.1, 0.15) is 0 Å². The Morgan fingerprint density at radius 1 is 0.268 bits per heavy atom. The maximum absolute atomic E-state index is 7.00. The van der Waals surface area contributed by atoms with Crippen molar-refractivity contribution < 1.29 is 8.83 Å².